The molecule has 0 aliphatic carbocycles. The monoisotopic (exact) mass is 353 g/mol. The molecular weight excluding hydrogens is 330 g/mol. The van der Waals surface area contributed by atoms with Crippen molar-refractivity contribution in [3.05, 3.63) is 39.9 Å². The third-order valence-electron chi connectivity index (χ3n) is 5.09. The lowest BCUT2D eigenvalue weighted by Gasteiger charge is -2.35. The summed E-state index contributed by atoms with van der Waals surface area (Å²) in [7, 11) is 0. The highest BCUT2D eigenvalue weighted by Crippen LogP contribution is 2.26. The van der Waals surface area contributed by atoms with Gasteiger partial charge in [0, 0.05) is 30.8 Å². The minimum atomic E-state index is -0.416. The molecule has 2 fully saturated rings. The number of nitrogens with one attached hydrogen (secondary N) is 1. The average Bonchev–Trinajstić information content (AvgIpc) is 3.10. The van der Waals surface area contributed by atoms with Gasteiger partial charge in [0.1, 0.15) is 0 Å². The van der Waals surface area contributed by atoms with Crippen molar-refractivity contribution in [2.24, 2.45) is 5.92 Å². The predicted molar refractivity (Wildman–Crippen MR) is 94.4 cm³/mol. The van der Waals surface area contributed by atoms with Gasteiger partial charge in [0.05, 0.1) is 11.3 Å². The molecule has 0 bridgehead atoms. The van der Waals surface area contributed by atoms with E-state index in [0.717, 1.165) is 32.5 Å². The number of carbonyl (C=O) groups is 1. The van der Waals surface area contributed by atoms with Crippen molar-refractivity contribution < 1.29 is 9.72 Å². The van der Waals surface area contributed by atoms with Crippen LogP contribution >= 0.6 is 12.4 Å². The van der Waals surface area contributed by atoms with Crippen molar-refractivity contribution >= 4 is 24.0 Å². The second kappa shape index (κ2) is 8.44. The molecule has 1 aromatic rings. The number of piperidine rings is 1. The summed E-state index contributed by atoms with van der Waals surface area (Å²) in [5.41, 5.74) is 0.535. The molecule has 1 amide bonds. The molecule has 1 atom stereocenters. The van der Waals surface area contributed by atoms with Crippen LogP contribution in [0, 0.1) is 16.0 Å². The van der Waals surface area contributed by atoms with Crippen molar-refractivity contribution in [1.29, 1.82) is 0 Å². The normalized spacial score (nSPS) is 21.3. The van der Waals surface area contributed by atoms with E-state index in [4.69, 9.17) is 0 Å². The topological polar surface area (TPSA) is 75.5 Å². The van der Waals surface area contributed by atoms with Gasteiger partial charge in [-0.2, -0.15) is 0 Å². The van der Waals surface area contributed by atoms with Crippen molar-refractivity contribution in [3.8, 4) is 0 Å². The Labute approximate surface area is 148 Å². The maximum Gasteiger partial charge on any atom is 0.273 e. The van der Waals surface area contributed by atoms with Crippen LogP contribution in [0.25, 0.3) is 0 Å². The number of nitro benzene ring substituents is 1. The Kier molecular flexibility index (Phi) is 6.57. The molecule has 0 spiro atoms. The lowest BCUT2D eigenvalue weighted by Crippen LogP contribution is -2.43. The maximum absolute atomic E-state index is 12.5. The molecule has 3 rings (SSSR count). The Morgan fingerprint density at radius 3 is 2.58 bits per heavy atom. The Bertz CT molecular complexity index is 582. The summed E-state index contributed by atoms with van der Waals surface area (Å²) < 4.78 is 0. The van der Waals surface area contributed by atoms with Crippen LogP contribution < -0.4 is 5.32 Å². The Morgan fingerprint density at radius 2 is 1.96 bits per heavy atom. The second-order valence-corrected chi connectivity index (χ2v) is 6.48. The number of benzene rings is 1. The number of amides is 1. The number of rotatable bonds is 4. The second-order valence-electron chi connectivity index (χ2n) is 6.48. The third kappa shape index (κ3) is 4.24. The fraction of sp³-hybridized carbons (Fsp3) is 0.588. The molecule has 7 heteroatoms. The van der Waals surface area contributed by atoms with Gasteiger partial charge >= 0.3 is 0 Å². The van der Waals surface area contributed by atoms with Gasteiger partial charge in [0.25, 0.3) is 5.69 Å². The van der Waals surface area contributed by atoms with Crippen molar-refractivity contribution in [2.45, 2.75) is 38.1 Å². The molecule has 0 saturated carbocycles. The first-order chi connectivity index (χ1) is 11.1. The van der Waals surface area contributed by atoms with Crippen molar-refractivity contribution in [3.63, 3.8) is 0 Å². The molecule has 2 aliphatic rings. The molecule has 0 radical (unpaired) electrons. The fourth-order valence-electron chi connectivity index (χ4n) is 3.78. The smallest absolute Gasteiger partial charge is 0.273 e. The standard InChI is InChI=1S/C17H23N3O3.ClH/c21-17(12-14-4-1-2-6-16(14)20(22)23)19-10-7-13(8-11-19)15-5-3-9-18-15;/h1-2,4,6,13,15,18H,3,5,7-12H2;1H. The van der Waals surface area contributed by atoms with Crippen LogP contribution in [0.3, 0.4) is 0 Å². The summed E-state index contributed by atoms with van der Waals surface area (Å²) in [5.74, 6) is 0.657. The first-order valence-corrected chi connectivity index (χ1v) is 8.38. The number of carbonyl (C=O) groups excluding carboxylic acids is 1. The van der Waals surface area contributed by atoms with Crippen LogP contribution in [-0.2, 0) is 11.2 Å². The Hall–Kier alpha value is -1.66. The predicted octanol–water partition coefficient (Wildman–Crippen LogP) is 2.55. The maximum atomic E-state index is 12.5. The number of nitro groups is 1. The number of hydrogen-bond acceptors (Lipinski definition) is 4. The molecule has 132 valence electrons. The molecule has 2 saturated heterocycles. The highest BCUT2D eigenvalue weighted by Gasteiger charge is 2.30. The minimum absolute atomic E-state index is 0. The highest BCUT2D eigenvalue weighted by atomic mass is 35.5. The Morgan fingerprint density at radius 1 is 1.25 bits per heavy atom. The van der Waals surface area contributed by atoms with E-state index in [1.165, 1.54) is 18.9 Å². The van der Waals surface area contributed by atoms with E-state index < -0.39 is 4.92 Å². The van der Waals surface area contributed by atoms with Gasteiger partial charge in [-0.3, -0.25) is 14.9 Å². The number of nitrogens with zero attached hydrogens (tertiary/aromatic N) is 2. The van der Waals surface area contributed by atoms with Gasteiger partial charge in [-0.15, -0.1) is 12.4 Å². The third-order valence-corrected chi connectivity index (χ3v) is 5.09. The lowest BCUT2D eigenvalue weighted by molar-refractivity contribution is -0.385. The van der Waals surface area contributed by atoms with Gasteiger partial charge < -0.3 is 10.2 Å². The summed E-state index contributed by atoms with van der Waals surface area (Å²) in [4.78, 5) is 24.9. The number of halogens is 1. The van der Waals surface area contributed by atoms with Crippen LogP contribution in [0.15, 0.2) is 24.3 Å². The first kappa shape index (κ1) is 18.7. The zero-order chi connectivity index (χ0) is 16.2. The summed E-state index contributed by atoms with van der Waals surface area (Å²) in [6.07, 6.45) is 4.67. The van der Waals surface area contributed by atoms with E-state index in [0.29, 0.717) is 17.5 Å². The SMILES string of the molecule is Cl.O=C(Cc1ccccc1[N+](=O)[O-])N1CCC(C2CCCN2)CC1. The first-order valence-electron chi connectivity index (χ1n) is 8.38. The van der Waals surface area contributed by atoms with E-state index in [-0.39, 0.29) is 30.4 Å². The van der Waals surface area contributed by atoms with Crippen LogP contribution in [0.1, 0.15) is 31.2 Å². The van der Waals surface area contributed by atoms with Gasteiger partial charge in [-0.25, -0.2) is 0 Å². The molecule has 6 nitrogen and oxygen atoms in total. The quantitative estimate of drug-likeness (QED) is 0.666. The van der Waals surface area contributed by atoms with Gasteiger partial charge in [0.2, 0.25) is 5.91 Å². The molecule has 2 heterocycles. The van der Waals surface area contributed by atoms with E-state index in [1.54, 1.807) is 18.2 Å². The highest BCUT2D eigenvalue weighted by molar-refractivity contribution is 5.85. The van der Waals surface area contributed by atoms with Crippen molar-refractivity contribution in [1.82, 2.24) is 10.2 Å². The Balaban J connectivity index is 0.00000208. The summed E-state index contributed by atoms with van der Waals surface area (Å²) in [6.45, 7) is 2.64. The van der Waals surface area contributed by atoms with Gasteiger partial charge in [-0.1, -0.05) is 18.2 Å². The average molecular weight is 354 g/mol. The fourth-order valence-corrected chi connectivity index (χ4v) is 3.78. The number of para-hydroxylation sites is 1. The molecule has 2 aliphatic heterocycles. The molecule has 0 aromatic heterocycles. The molecule has 24 heavy (non-hydrogen) atoms. The van der Waals surface area contributed by atoms with Crippen LogP contribution in [0.5, 0.6) is 0 Å². The summed E-state index contributed by atoms with van der Waals surface area (Å²) in [5, 5.41) is 14.6. The number of hydrogen-bond donors (Lipinski definition) is 1. The van der Waals surface area contributed by atoms with Crippen molar-refractivity contribution in [2.75, 3.05) is 19.6 Å². The minimum Gasteiger partial charge on any atom is -0.342 e. The van der Waals surface area contributed by atoms with E-state index in [1.807, 2.05) is 4.90 Å². The molecular formula is C17H24ClN3O3. The summed E-state index contributed by atoms with van der Waals surface area (Å²) >= 11 is 0. The molecule has 1 N–H and O–H groups in total. The lowest BCUT2D eigenvalue weighted by atomic mass is 9.88. The zero-order valence-corrected chi connectivity index (χ0v) is 14.5. The molecule has 1 aromatic carbocycles. The summed E-state index contributed by atoms with van der Waals surface area (Å²) in [6, 6.07) is 7.12. The van der Waals surface area contributed by atoms with Gasteiger partial charge in [-0.05, 0) is 38.1 Å². The number of likely N-dealkylation sites (tertiary alicyclic amines) is 1. The van der Waals surface area contributed by atoms with E-state index in [9.17, 15) is 14.9 Å². The van der Waals surface area contributed by atoms with Crippen LogP contribution in [0.2, 0.25) is 0 Å². The zero-order valence-electron chi connectivity index (χ0n) is 13.6. The van der Waals surface area contributed by atoms with Crippen LogP contribution in [0.4, 0.5) is 5.69 Å². The van der Waals surface area contributed by atoms with E-state index in [2.05, 4.69) is 5.32 Å². The van der Waals surface area contributed by atoms with Gasteiger partial charge in [0.15, 0.2) is 0 Å². The van der Waals surface area contributed by atoms with Crippen LogP contribution in [-0.4, -0.2) is 41.4 Å². The van der Waals surface area contributed by atoms with E-state index >= 15 is 0 Å². The largest absolute Gasteiger partial charge is 0.342 e. The molecule has 1 unspecified atom stereocenters.